The Morgan fingerprint density at radius 2 is 1.61 bits per heavy atom. The smallest absolute Gasteiger partial charge is 0.310 e. The predicted octanol–water partition coefficient (Wildman–Crippen LogP) is 3.17. The van der Waals surface area contributed by atoms with Crippen LogP contribution < -0.4 is 10.6 Å². The maximum absolute atomic E-state index is 12.3. The van der Waals surface area contributed by atoms with Crippen molar-refractivity contribution in [2.45, 2.75) is 47.0 Å². The molecule has 0 aliphatic carbocycles. The standard InChI is InChI=1S/C17H24N2O4/c1-5-17(6-2,16(22)23)10-15(21)19-14-9-7-8-13(11(14)3)18-12(4)20/h7-9H,5-6,10H2,1-4H3,(H,18,20)(H,19,21)(H,22,23). The van der Waals surface area contributed by atoms with E-state index in [9.17, 15) is 19.5 Å². The quantitative estimate of drug-likeness (QED) is 0.719. The number of amides is 2. The summed E-state index contributed by atoms with van der Waals surface area (Å²) in [4.78, 5) is 34.9. The van der Waals surface area contributed by atoms with Crippen molar-refractivity contribution >= 4 is 29.2 Å². The zero-order valence-corrected chi connectivity index (χ0v) is 14.0. The van der Waals surface area contributed by atoms with Gasteiger partial charge in [-0.1, -0.05) is 19.9 Å². The van der Waals surface area contributed by atoms with Crippen LogP contribution in [-0.2, 0) is 14.4 Å². The Morgan fingerprint density at radius 3 is 2.04 bits per heavy atom. The van der Waals surface area contributed by atoms with Gasteiger partial charge in [0.2, 0.25) is 11.8 Å². The highest BCUT2D eigenvalue weighted by Gasteiger charge is 2.37. The monoisotopic (exact) mass is 320 g/mol. The van der Waals surface area contributed by atoms with Gasteiger partial charge in [-0.05, 0) is 37.5 Å². The molecule has 0 saturated carbocycles. The Balaban J connectivity index is 2.93. The molecule has 6 nitrogen and oxygen atoms in total. The number of carbonyl (C=O) groups is 3. The van der Waals surface area contributed by atoms with Crippen molar-refractivity contribution in [1.82, 2.24) is 0 Å². The molecule has 0 radical (unpaired) electrons. The molecule has 126 valence electrons. The average Bonchev–Trinajstić information content (AvgIpc) is 2.48. The number of anilines is 2. The van der Waals surface area contributed by atoms with E-state index in [-0.39, 0.29) is 18.2 Å². The number of carbonyl (C=O) groups excluding carboxylic acids is 2. The molecule has 0 spiro atoms. The van der Waals surface area contributed by atoms with E-state index in [1.165, 1.54) is 6.92 Å². The minimum atomic E-state index is -1.05. The SMILES string of the molecule is CCC(CC)(CC(=O)Nc1cccc(NC(C)=O)c1C)C(=O)O. The van der Waals surface area contributed by atoms with Gasteiger partial charge in [0.1, 0.15) is 0 Å². The molecule has 0 aliphatic heterocycles. The van der Waals surface area contributed by atoms with Crippen molar-refractivity contribution in [1.29, 1.82) is 0 Å². The highest BCUT2D eigenvalue weighted by Crippen LogP contribution is 2.32. The average molecular weight is 320 g/mol. The largest absolute Gasteiger partial charge is 0.481 e. The van der Waals surface area contributed by atoms with Crippen LogP contribution in [-0.4, -0.2) is 22.9 Å². The first-order valence-electron chi connectivity index (χ1n) is 7.66. The van der Waals surface area contributed by atoms with Gasteiger partial charge in [0.15, 0.2) is 0 Å². The number of nitrogens with one attached hydrogen (secondary N) is 2. The molecule has 2 amide bonds. The van der Waals surface area contributed by atoms with Crippen molar-refractivity contribution in [2.24, 2.45) is 5.41 Å². The molecule has 1 aromatic rings. The first kappa shape index (κ1) is 18.7. The van der Waals surface area contributed by atoms with Crippen LogP contribution in [0.1, 0.15) is 45.6 Å². The van der Waals surface area contributed by atoms with Crippen LogP contribution in [0.5, 0.6) is 0 Å². The van der Waals surface area contributed by atoms with Crippen LogP contribution in [0.3, 0.4) is 0 Å². The second-order valence-corrected chi connectivity index (χ2v) is 5.68. The summed E-state index contributed by atoms with van der Waals surface area (Å²) in [6.07, 6.45) is 0.688. The zero-order chi connectivity index (χ0) is 17.6. The lowest BCUT2D eigenvalue weighted by atomic mass is 9.79. The van der Waals surface area contributed by atoms with E-state index in [4.69, 9.17) is 0 Å². The number of benzene rings is 1. The third-order valence-electron chi connectivity index (χ3n) is 4.22. The van der Waals surface area contributed by atoms with Crippen molar-refractivity contribution < 1.29 is 19.5 Å². The second kappa shape index (κ2) is 7.76. The first-order valence-corrected chi connectivity index (χ1v) is 7.66. The minimum absolute atomic E-state index is 0.0842. The molecule has 0 unspecified atom stereocenters. The Kier molecular flexibility index (Phi) is 6.30. The molecule has 1 rings (SSSR count). The van der Waals surface area contributed by atoms with E-state index in [1.807, 2.05) is 0 Å². The molecule has 0 aliphatic rings. The molecule has 0 bridgehead atoms. The molecule has 0 aromatic heterocycles. The molecule has 3 N–H and O–H groups in total. The van der Waals surface area contributed by atoms with Gasteiger partial charge in [-0.3, -0.25) is 14.4 Å². The van der Waals surface area contributed by atoms with Crippen molar-refractivity contribution in [3.63, 3.8) is 0 Å². The minimum Gasteiger partial charge on any atom is -0.481 e. The molecule has 1 aromatic carbocycles. The Morgan fingerprint density at radius 1 is 1.09 bits per heavy atom. The number of carboxylic acid groups (broad SMARTS) is 1. The molecule has 0 atom stereocenters. The number of hydrogen-bond acceptors (Lipinski definition) is 3. The first-order chi connectivity index (χ1) is 10.8. The van der Waals surface area contributed by atoms with Gasteiger partial charge in [-0.15, -0.1) is 0 Å². The third-order valence-corrected chi connectivity index (χ3v) is 4.22. The number of hydrogen-bond donors (Lipinski definition) is 3. The highest BCUT2D eigenvalue weighted by atomic mass is 16.4. The maximum atomic E-state index is 12.3. The van der Waals surface area contributed by atoms with Gasteiger partial charge in [0.05, 0.1) is 5.41 Å². The zero-order valence-electron chi connectivity index (χ0n) is 14.0. The number of carboxylic acids is 1. The second-order valence-electron chi connectivity index (χ2n) is 5.68. The Hall–Kier alpha value is -2.37. The van der Waals surface area contributed by atoms with Crippen LogP contribution in [0.4, 0.5) is 11.4 Å². The van der Waals surface area contributed by atoms with Crippen molar-refractivity contribution in [3.05, 3.63) is 23.8 Å². The van der Waals surface area contributed by atoms with Crippen LogP contribution in [0.15, 0.2) is 18.2 Å². The highest BCUT2D eigenvalue weighted by molar-refractivity contribution is 5.97. The normalized spacial score (nSPS) is 11.0. The van der Waals surface area contributed by atoms with Crippen LogP contribution >= 0.6 is 0 Å². The Labute approximate surface area is 136 Å². The summed E-state index contributed by atoms with van der Waals surface area (Å²) < 4.78 is 0. The van der Waals surface area contributed by atoms with Crippen molar-refractivity contribution in [2.75, 3.05) is 10.6 Å². The topological polar surface area (TPSA) is 95.5 Å². The molecular weight excluding hydrogens is 296 g/mol. The summed E-state index contributed by atoms with van der Waals surface area (Å²) in [5.74, 6) is -1.50. The molecule has 6 heteroatoms. The van der Waals surface area contributed by atoms with Gasteiger partial charge >= 0.3 is 5.97 Å². The Bertz CT molecular complexity index is 607. The molecule has 0 fully saturated rings. The lowest BCUT2D eigenvalue weighted by molar-refractivity contribution is -0.151. The van der Waals surface area contributed by atoms with E-state index in [0.29, 0.717) is 24.2 Å². The van der Waals surface area contributed by atoms with E-state index in [1.54, 1.807) is 39.0 Å². The van der Waals surface area contributed by atoms with Gasteiger partial charge in [-0.25, -0.2) is 0 Å². The lowest BCUT2D eigenvalue weighted by Gasteiger charge is -2.26. The predicted molar refractivity (Wildman–Crippen MR) is 89.4 cm³/mol. The fourth-order valence-corrected chi connectivity index (χ4v) is 2.48. The van der Waals surface area contributed by atoms with Crippen LogP contribution in [0, 0.1) is 12.3 Å². The third kappa shape index (κ3) is 4.55. The van der Waals surface area contributed by atoms with E-state index in [0.717, 1.165) is 5.56 Å². The van der Waals surface area contributed by atoms with Gasteiger partial charge in [-0.2, -0.15) is 0 Å². The van der Waals surface area contributed by atoms with E-state index >= 15 is 0 Å². The molecule has 0 heterocycles. The summed E-state index contributed by atoms with van der Waals surface area (Å²) in [7, 11) is 0. The van der Waals surface area contributed by atoms with Gasteiger partial charge in [0.25, 0.3) is 0 Å². The summed E-state index contributed by atoms with van der Waals surface area (Å²) in [6.45, 7) is 6.74. The molecule has 0 saturated heterocycles. The van der Waals surface area contributed by atoms with E-state index < -0.39 is 11.4 Å². The summed E-state index contributed by atoms with van der Waals surface area (Å²) in [5, 5.41) is 14.8. The number of aliphatic carboxylic acids is 1. The maximum Gasteiger partial charge on any atom is 0.310 e. The van der Waals surface area contributed by atoms with Gasteiger partial charge in [0, 0.05) is 24.7 Å². The number of rotatable bonds is 7. The lowest BCUT2D eigenvalue weighted by Crippen LogP contribution is -2.34. The summed E-state index contributed by atoms with van der Waals surface area (Å²) in [6, 6.07) is 5.18. The van der Waals surface area contributed by atoms with Gasteiger partial charge < -0.3 is 15.7 Å². The summed E-state index contributed by atoms with van der Waals surface area (Å²) >= 11 is 0. The van der Waals surface area contributed by atoms with E-state index in [2.05, 4.69) is 10.6 Å². The fraction of sp³-hybridized carbons (Fsp3) is 0.471. The van der Waals surface area contributed by atoms with Crippen molar-refractivity contribution in [3.8, 4) is 0 Å². The summed E-state index contributed by atoms with van der Waals surface area (Å²) in [5.41, 5.74) is 0.858. The van der Waals surface area contributed by atoms with Crippen LogP contribution in [0.25, 0.3) is 0 Å². The van der Waals surface area contributed by atoms with Crippen LogP contribution in [0.2, 0.25) is 0 Å². The molecule has 23 heavy (non-hydrogen) atoms. The fourth-order valence-electron chi connectivity index (χ4n) is 2.48. The molecular formula is C17H24N2O4.